The lowest BCUT2D eigenvalue weighted by molar-refractivity contribution is 0.220. The lowest BCUT2D eigenvalue weighted by Gasteiger charge is -2.32. The number of nitrogens with one attached hydrogen (secondary N) is 1. The van der Waals surface area contributed by atoms with E-state index in [0.717, 1.165) is 11.8 Å². The van der Waals surface area contributed by atoms with Gasteiger partial charge in [-0.3, -0.25) is 11.3 Å². The normalized spacial score (nSPS) is 27.9. The van der Waals surface area contributed by atoms with Crippen molar-refractivity contribution in [2.24, 2.45) is 17.7 Å². The third-order valence-corrected chi connectivity index (χ3v) is 4.21. The van der Waals surface area contributed by atoms with E-state index in [0.29, 0.717) is 6.04 Å². The number of hydrazine groups is 1. The quantitative estimate of drug-likeness (QED) is 0.395. The molecule has 1 atom stereocenters. The summed E-state index contributed by atoms with van der Waals surface area (Å²) in [5, 5.41) is 0. The zero-order valence-electron chi connectivity index (χ0n) is 11.2. The van der Waals surface area contributed by atoms with Gasteiger partial charge in [0.25, 0.3) is 0 Å². The molecule has 0 aromatic rings. The van der Waals surface area contributed by atoms with Crippen molar-refractivity contribution in [1.82, 2.24) is 5.43 Å². The fourth-order valence-corrected chi connectivity index (χ4v) is 2.93. The zero-order valence-corrected chi connectivity index (χ0v) is 11.2. The van der Waals surface area contributed by atoms with Crippen LogP contribution in [0.2, 0.25) is 0 Å². The fourth-order valence-electron chi connectivity index (χ4n) is 2.93. The summed E-state index contributed by atoms with van der Waals surface area (Å²) >= 11 is 0. The second-order valence-electron chi connectivity index (χ2n) is 5.64. The highest BCUT2D eigenvalue weighted by molar-refractivity contribution is 4.79. The standard InChI is InChI=1S/C14H30N2/c1-3-4-5-6-7-14(16-15)13-10-8-12(2)9-11-13/h12-14,16H,3-11,15H2,1-2H3. The SMILES string of the molecule is CCCCCCC(NN)C1CCC(C)CC1. The highest BCUT2D eigenvalue weighted by atomic mass is 15.2. The smallest absolute Gasteiger partial charge is 0.0238 e. The van der Waals surface area contributed by atoms with Crippen molar-refractivity contribution < 1.29 is 0 Å². The summed E-state index contributed by atoms with van der Waals surface area (Å²) < 4.78 is 0. The van der Waals surface area contributed by atoms with Gasteiger partial charge in [-0.2, -0.15) is 0 Å². The Hall–Kier alpha value is -0.0800. The van der Waals surface area contributed by atoms with Crippen LogP contribution in [0.1, 0.15) is 71.6 Å². The molecule has 0 spiro atoms. The number of hydrogen-bond acceptors (Lipinski definition) is 2. The summed E-state index contributed by atoms with van der Waals surface area (Å²) in [6.45, 7) is 4.64. The van der Waals surface area contributed by atoms with Gasteiger partial charge in [-0.05, 0) is 31.1 Å². The third kappa shape index (κ3) is 4.84. The molecule has 2 heteroatoms. The number of nitrogens with two attached hydrogens (primary N) is 1. The Morgan fingerprint density at radius 2 is 1.81 bits per heavy atom. The first-order valence-electron chi connectivity index (χ1n) is 7.24. The predicted octanol–water partition coefficient (Wildman–Crippen LogP) is 3.62. The number of unbranched alkanes of at least 4 members (excludes halogenated alkanes) is 3. The summed E-state index contributed by atoms with van der Waals surface area (Å²) in [5.41, 5.74) is 3.06. The summed E-state index contributed by atoms with van der Waals surface area (Å²) in [6.07, 6.45) is 12.2. The zero-order chi connectivity index (χ0) is 11.8. The largest absolute Gasteiger partial charge is 0.271 e. The van der Waals surface area contributed by atoms with Gasteiger partial charge < -0.3 is 0 Å². The van der Waals surface area contributed by atoms with Crippen LogP contribution in [-0.4, -0.2) is 6.04 Å². The lowest BCUT2D eigenvalue weighted by atomic mass is 9.78. The van der Waals surface area contributed by atoms with Gasteiger partial charge in [-0.1, -0.05) is 52.4 Å². The predicted molar refractivity (Wildman–Crippen MR) is 71.0 cm³/mol. The maximum atomic E-state index is 5.70. The van der Waals surface area contributed by atoms with Gasteiger partial charge in [-0.15, -0.1) is 0 Å². The van der Waals surface area contributed by atoms with Crippen LogP contribution < -0.4 is 11.3 Å². The van der Waals surface area contributed by atoms with Crippen molar-refractivity contribution in [3.05, 3.63) is 0 Å². The molecule has 0 radical (unpaired) electrons. The van der Waals surface area contributed by atoms with Crippen LogP contribution in [0.25, 0.3) is 0 Å². The van der Waals surface area contributed by atoms with E-state index in [1.54, 1.807) is 0 Å². The first kappa shape index (κ1) is 14.0. The number of rotatable bonds is 7. The van der Waals surface area contributed by atoms with Gasteiger partial charge in [0.1, 0.15) is 0 Å². The maximum absolute atomic E-state index is 5.70. The lowest BCUT2D eigenvalue weighted by Crippen LogP contribution is -2.42. The Balaban J connectivity index is 2.19. The Morgan fingerprint density at radius 1 is 1.12 bits per heavy atom. The first-order valence-corrected chi connectivity index (χ1v) is 7.24. The van der Waals surface area contributed by atoms with Crippen LogP contribution in [0.15, 0.2) is 0 Å². The molecule has 0 bridgehead atoms. The van der Waals surface area contributed by atoms with Crippen molar-refractivity contribution >= 4 is 0 Å². The van der Waals surface area contributed by atoms with Crippen LogP contribution in [0.3, 0.4) is 0 Å². The van der Waals surface area contributed by atoms with Gasteiger partial charge >= 0.3 is 0 Å². The molecule has 16 heavy (non-hydrogen) atoms. The molecule has 3 N–H and O–H groups in total. The van der Waals surface area contributed by atoms with E-state index in [9.17, 15) is 0 Å². The van der Waals surface area contributed by atoms with Crippen LogP contribution in [0.5, 0.6) is 0 Å². The summed E-state index contributed by atoms with van der Waals surface area (Å²) in [7, 11) is 0. The Kier molecular flexibility index (Phi) is 7.06. The van der Waals surface area contributed by atoms with Crippen molar-refractivity contribution in [3.63, 3.8) is 0 Å². The van der Waals surface area contributed by atoms with Gasteiger partial charge in [0.05, 0.1) is 0 Å². The van der Waals surface area contributed by atoms with Gasteiger partial charge in [0.2, 0.25) is 0 Å². The van der Waals surface area contributed by atoms with Crippen molar-refractivity contribution in [2.75, 3.05) is 0 Å². The van der Waals surface area contributed by atoms with Crippen LogP contribution in [-0.2, 0) is 0 Å². The minimum Gasteiger partial charge on any atom is -0.271 e. The molecular formula is C14H30N2. The second-order valence-corrected chi connectivity index (χ2v) is 5.64. The Bertz CT molecular complexity index is 162. The molecule has 0 aromatic carbocycles. The Morgan fingerprint density at radius 3 is 2.38 bits per heavy atom. The summed E-state index contributed by atoms with van der Waals surface area (Å²) in [5.74, 6) is 7.48. The van der Waals surface area contributed by atoms with Crippen molar-refractivity contribution in [3.8, 4) is 0 Å². The van der Waals surface area contributed by atoms with Crippen molar-refractivity contribution in [2.45, 2.75) is 77.7 Å². The average Bonchev–Trinajstić information content (AvgIpc) is 2.31. The molecule has 1 unspecified atom stereocenters. The van der Waals surface area contributed by atoms with E-state index in [1.165, 1.54) is 57.8 Å². The average molecular weight is 226 g/mol. The molecule has 2 nitrogen and oxygen atoms in total. The monoisotopic (exact) mass is 226 g/mol. The van der Waals surface area contributed by atoms with E-state index in [-0.39, 0.29) is 0 Å². The van der Waals surface area contributed by atoms with Gasteiger partial charge in [0.15, 0.2) is 0 Å². The highest BCUT2D eigenvalue weighted by Crippen LogP contribution is 2.31. The molecule has 1 aliphatic carbocycles. The molecule has 1 fully saturated rings. The van der Waals surface area contributed by atoms with Crippen LogP contribution in [0.4, 0.5) is 0 Å². The summed E-state index contributed by atoms with van der Waals surface area (Å²) in [4.78, 5) is 0. The molecule has 0 aromatic heterocycles. The minimum atomic E-state index is 0.573. The summed E-state index contributed by atoms with van der Waals surface area (Å²) in [6, 6.07) is 0.573. The molecule has 0 aliphatic heterocycles. The Labute approximate surface area is 101 Å². The number of hydrogen-bond donors (Lipinski definition) is 2. The highest BCUT2D eigenvalue weighted by Gasteiger charge is 2.24. The molecule has 0 heterocycles. The molecule has 1 saturated carbocycles. The molecular weight excluding hydrogens is 196 g/mol. The van der Waals surface area contributed by atoms with E-state index in [4.69, 9.17) is 5.84 Å². The molecule has 0 saturated heterocycles. The van der Waals surface area contributed by atoms with E-state index < -0.39 is 0 Å². The van der Waals surface area contributed by atoms with E-state index >= 15 is 0 Å². The van der Waals surface area contributed by atoms with Gasteiger partial charge in [0, 0.05) is 6.04 Å². The molecule has 96 valence electrons. The van der Waals surface area contributed by atoms with Crippen LogP contribution in [0, 0.1) is 11.8 Å². The van der Waals surface area contributed by atoms with Crippen molar-refractivity contribution in [1.29, 1.82) is 0 Å². The minimum absolute atomic E-state index is 0.573. The topological polar surface area (TPSA) is 38.0 Å². The fraction of sp³-hybridized carbons (Fsp3) is 1.00. The molecule has 1 rings (SSSR count). The van der Waals surface area contributed by atoms with E-state index in [1.807, 2.05) is 0 Å². The third-order valence-electron chi connectivity index (χ3n) is 4.21. The van der Waals surface area contributed by atoms with Gasteiger partial charge in [-0.25, -0.2) is 0 Å². The molecule has 0 amide bonds. The van der Waals surface area contributed by atoms with E-state index in [2.05, 4.69) is 19.3 Å². The second kappa shape index (κ2) is 8.08. The van der Waals surface area contributed by atoms with Crippen LogP contribution >= 0.6 is 0 Å². The maximum Gasteiger partial charge on any atom is 0.0238 e. The molecule has 1 aliphatic rings. The first-order chi connectivity index (χ1) is 7.77.